The highest BCUT2D eigenvalue weighted by atomic mass is 32.2. The first-order valence-electron chi connectivity index (χ1n) is 5.83. The van der Waals surface area contributed by atoms with Crippen molar-refractivity contribution in [1.29, 1.82) is 0 Å². The standard InChI is InChI=1S/C12H4F8N2O2S/c13-1-5(17)11(6(18)2(14)9(1)21)25(23,24)12-7(19)3(15)10(22)4(16)8(12)20/h21-22H2. The van der Waals surface area contributed by atoms with Crippen LogP contribution in [0.1, 0.15) is 0 Å². The lowest BCUT2D eigenvalue weighted by Gasteiger charge is -2.13. The predicted molar refractivity (Wildman–Crippen MR) is 66.8 cm³/mol. The fraction of sp³-hybridized carbons (Fsp3) is 0. The molecule has 0 bridgehead atoms. The molecular weight excluding hydrogens is 388 g/mol. The molecule has 0 amide bonds. The smallest absolute Gasteiger partial charge is 0.218 e. The first-order valence-corrected chi connectivity index (χ1v) is 7.31. The third-order valence-electron chi connectivity index (χ3n) is 3.05. The Balaban J connectivity index is 3.02. The minimum absolute atomic E-state index is 1.76. The Kier molecular flexibility index (Phi) is 4.32. The van der Waals surface area contributed by atoms with Crippen LogP contribution in [-0.4, -0.2) is 8.42 Å². The molecule has 136 valence electrons. The number of anilines is 2. The molecule has 0 saturated carbocycles. The van der Waals surface area contributed by atoms with E-state index in [0.29, 0.717) is 0 Å². The molecule has 2 aromatic carbocycles. The van der Waals surface area contributed by atoms with Gasteiger partial charge in [0.25, 0.3) is 0 Å². The van der Waals surface area contributed by atoms with Gasteiger partial charge in [0.2, 0.25) is 9.84 Å². The van der Waals surface area contributed by atoms with Gasteiger partial charge in [0.05, 0.1) is 0 Å². The molecule has 2 rings (SSSR count). The summed E-state index contributed by atoms with van der Waals surface area (Å²) in [4.78, 5) is -5.06. The monoisotopic (exact) mass is 392 g/mol. The Labute approximate surface area is 133 Å². The highest BCUT2D eigenvalue weighted by Gasteiger charge is 2.39. The minimum Gasteiger partial charge on any atom is -0.394 e. The second kappa shape index (κ2) is 5.75. The van der Waals surface area contributed by atoms with Crippen LogP contribution in [0.5, 0.6) is 0 Å². The van der Waals surface area contributed by atoms with Crippen LogP contribution in [0, 0.1) is 46.5 Å². The first kappa shape index (κ1) is 18.8. The molecule has 0 saturated heterocycles. The summed E-state index contributed by atoms with van der Waals surface area (Å²) in [6, 6.07) is 0. The fourth-order valence-corrected chi connectivity index (χ4v) is 3.34. The molecule has 0 heterocycles. The molecule has 0 atom stereocenters. The predicted octanol–water partition coefficient (Wildman–Crippen LogP) is 2.80. The van der Waals surface area contributed by atoms with E-state index in [1.54, 1.807) is 0 Å². The average molecular weight is 392 g/mol. The summed E-state index contributed by atoms with van der Waals surface area (Å²) in [6.45, 7) is 0. The number of hydrogen-bond acceptors (Lipinski definition) is 4. The van der Waals surface area contributed by atoms with Crippen LogP contribution >= 0.6 is 0 Å². The summed E-state index contributed by atoms with van der Waals surface area (Å²) < 4.78 is 133. The maximum atomic E-state index is 13.7. The lowest BCUT2D eigenvalue weighted by molar-refractivity contribution is 0.412. The molecule has 4 N–H and O–H groups in total. The third kappa shape index (κ3) is 2.45. The number of nitrogens with two attached hydrogens (primary N) is 2. The van der Waals surface area contributed by atoms with E-state index < -0.39 is 77.5 Å². The maximum Gasteiger partial charge on any atom is 0.218 e. The second-order valence-electron chi connectivity index (χ2n) is 4.50. The Morgan fingerprint density at radius 2 is 0.680 bits per heavy atom. The van der Waals surface area contributed by atoms with Crippen LogP contribution in [0.2, 0.25) is 0 Å². The van der Waals surface area contributed by atoms with Crippen LogP contribution in [0.15, 0.2) is 9.79 Å². The Morgan fingerprint density at radius 1 is 0.480 bits per heavy atom. The van der Waals surface area contributed by atoms with Crippen molar-refractivity contribution in [3.63, 3.8) is 0 Å². The van der Waals surface area contributed by atoms with E-state index in [2.05, 4.69) is 11.5 Å². The highest BCUT2D eigenvalue weighted by Crippen LogP contribution is 2.37. The zero-order chi connectivity index (χ0) is 19.4. The van der Waals surface area contributed by atoms with E-state index in [0.717, 1.165) is 0 Å². The number of sulfone groups is 1. The molecule has 0 aromatic heterocycles. The van der Waals surface area contributed by atoms with E-state index in [-0.39, 0.29) is 0 Å². The van der Waals surface area contributed by atoms with E-state index in [1.807, 2.05) is 0 Å². The SMILES string of the molecule is Nc1c(F)c(F)c(S(=O)(=O)c2c(F)c(F)c(N)c(F)c2F)c(F)c1F. The molecule has 0 radical (unpaired) electrons. The van der Waals surface area contributed by atoms with Gasteiger partial charge in [-0.1, -0.05) is 0 Å². The molecule has 2 aromatic rings. The number of hydrogen-bond donors (Lipinski definition) is 2. The van der Waals surface area contributed by atoms with Crippen molar-refractivity contribution < 1.29 is 43.5 Å². The van der Waals surface area contributed by atoms with Crippen LogP contribution in [0.25, 0.3) is 0 Å². The molecule has 0 aliphatic heterocycles. The van der Waals surface area contributed by atoms with Gasteiger partial charge in [-0.25, -0.2) is 43.5 Å². The van der Waals surface area contributed by atoms with Gasteiger partial charge in [0, 0.05) is 0 Å². The van der Waals surface area contributed by atoms with Gasteiger partial charge in [-0.2, -0.15) is 0 Å². The molecule has 25 heavy (non-hydrogen) atoms. The van der Waals surface area contributed by atoms with Gasteiger partial charge >= 0.3 is 0 Å². The topological polar surface area (TPSA) is 86.2 Å². The van der Waals surface area contributed by atoms with Crippen molar-refractivity contribution in [2.75, 3.05) is 11.5 Å². The third-order valence-corrected chi connectivity index (χ3v) is 4.84. The maximum absolute atomic E-state index is 13.7. The largest absolute Gasteiger partial charge is 0.394 e. The van der Waals surface area contributed by atoms with Crippen LogP contribution in [-0.2, 0) is 9.84 Å². The number of benzene rings is 2. The molecule has 4 nitrogen and oxygen atoms in total. The Bertz CT molecular complexity index is 889. The molecule has 0 spiro atoms. The van der Waals surface area contributed by atoms with Crippen molar-refractivity contribution in [2.45, 2.75) is 9.79 Å². The van der Waals surface area contributed by atoms with Gasteiger partial charge in [-0.15, -0.1) is 0 Å². The summed E-state index contributed by atoms with van der Waals surface area (Å²) >= 11 is 0. The van der Waals surface area contributed by atoms with Crippen LogP contribution in [0.3, 0.4) is 0 Å². The second-order valence-corrected chi connectivity index (χ2v) is 6.32. The zero-order valence-electron chi connectivity index (χ0n) is 11.4. The lowest BCUT2D eigenvalue weighted by atomic mass is 10.2. The van der Waals surface area contributed by atoms with Crippen molar-refractivity contribution >= 4 is 21.2 Å². The van der Waals surface area contributed by atoms with Gasteiger partial charge in [-0.3, -0.25) is 0 Å². The van der Waals surface area contributed by atoms with Crippen LogP contribution < -0.4 is 11.5 Å². The summed E-state index contributed by atoms with van der Waals surface area (Å²) in [5.74, 6) is -20.2. The van der Waals surface area contributed by atoms with E-state index in [1.165, 1.54) is 0 Å². The highest BCUT2D eigenvalue weighted by molar-refractivity contribution is 7.91. The van der Waals surface area contributed by atoms with E-state index >= 15 is 0 Å². The molecule has 13 heteroatoms. The minimum atomic E-state index is -6.16. The van der Waals surface area contributed by atoms with E-state index in [4.69, 9.17) is 0 Å². The van der Waals surface area contributed by atoms with Gasteiger partial charge in [0.15, 0.2) is 46.5 Å². The molecule has 0 fully saturated rings. The summed E-state index contributed by atoms with van der Waals surface area (Å²) in [5, 5.41) is 0. The lowest BCUT2D eigenvalue weighted by Crippen LogP contribution is -2.18. The molecule has 0 aliphatic carbocycles. The number of nitrogen functional groups attached to an aromatic ring is 2. The normalized spacial score (nSPS) is 11.8. The molecule has 0 aliphatic rings. The Morgan fingerprint density at radius 3 is 0.880 bits per heavy atom. The van der Waals surface area contributed by atoms with Gasteiger partial charge in [-0.05, 0) is 0 Å². The van der Waals surface area contributed by atoms with Gasteiger partial charge < -0.3 is 11.5 Å². The van der Waals surface area contributed by atoms with Crippen molar-refractivity contribution in [3.8, 4) is 0 Å². The van der Waals surface area contributed by atoms with Crippen molar-refractivity contribution in [1.82, 2.24) is 0 Å². The summed E-state index contributed by atoms with van der Waals surface area (Å²) in [6.07, 6.45) is 0. The van der Waals surface area contributed by atoms with Crippen LogP contribution in [0.4, 0.5) is 46.5 Å². The number of rotatable bonds is 2. The quantitative estimate of drug-likeness (QED) is 0.468. The van der Waals surface area contributed by atoms with Crippen molar-refractivity contribution in [3.05, 3.63) is 46.5 Å². The van der Waals surface area contributed by atoms with Crippen molar-refractivity contribution in [2.24, 2.45) is 0 Å². The van der Waals surface area contributed by atoms with E-state index in [9.17, 15) is 43.5 Å². The molecular formula is C12H4F8N2O2S. The summed E-state index contributed by atoms with van der Waals surface area (Å²) in [5.41, 5.74) is 5.79. The summed E-state index contributed by atoms with van der Waals surface area (Å²) in [7, 11) is -6.16. The fourth-order valence-electron chi connectivity index (χ4n) is 1.83. The zero-order valence-corrected chi connectivity index (χ0v) is 12.2. The average Bonchev–Trinajstić information content (AvgIpc) is 2.54. The first-order chi connectivity index (χ1) is 11.4. The van der Waals surface area contributed by atoms with Gasteiger partial charge in [0.1, 0.15) is 21.2 Å². The Hall–Kier alpha value is -2.57. The molecule has 0 unspecified atom stereocenters. The number of halogens is 8.